The van der Waals surface area contributed by atoms with Gasteiger partial charge >= 0.3 is 6.18 Å². The number of rotatable bonds is 7. The zero-order chi connectivity index (χ0) is 24.8. The van der Waals surface area contributed by atoms with Crippen LogP contribution in [0.1, 0.15) is 11.1 Å². The van der Waals surface area contributed by atoms with E-state index in [-0.39, 0.29) is 5.69 Å². The average Bonchev–Trinajstić information content (AvgIpc) is 2.86. The highest BCUT2D eigenvalue weighted by Crippen LogP contribution is 2.35. The molecule has 4 aromatic carbocycles. The van der Waals surface area contributed by atoms with Gasteiger partial charge in [-0.15, -0.1) is 0 Å². The van der Waals surface area contributed by atoms with Crippen molar-refractivity contribution in [2.45, 2.75) is 6.18 Å². The number of nitrogens with one attached hydrogen (secondary N) is 1. The van der Waals surface area contributed by atoms with Gasteiger partial charge in [-0.2, -0.15) is 18.3 Å². The van der Waals surface area contributed by atoms with Gasteiger partial charge in [0.15, 0.2) is 0 Å². The fourth-order valence-electron chi connectivity index (χ4n) is 3.44. The Morgan fingerprint density at radius 3 is 1.86 bits per heavy atom. The Bertz CT molecular complexity index is 1290. The second-order valence-corrected chi connectivity index (χ2v) is 7.45. The van der Waals surface area contributed by atoms with Crippen molar-refractivity contribution in [3.05, 3.63) is 124 Å². The standard InChI is InChI=1S/C26H19F3N4O2/c27-26(28,29)20-13-16-24(25(17-20)33(34)35)31-30-18-19-11-14-23(15-12-19)32(21-7-3-1-4-8-21)22-9-5-2-6-10-22/h1-18,31H/b30-18-. The largest absolute Gasteiger partial charge is 0.416 e. The minimum atomic E-state index is -4.68. The SMILES string of the molecule is O=[N+]([O-])c1cc(C(F)(F)F)ccc1N/N=C\c1ccc(N(c2ccccc2)c2ccccc2)cc1. The summed E-state index contributed by atoms with van der Waals surface area (Å²) in [6.07, 6.45) is -3.25. The number of hydrogen-bond acceptors (Lipinski definition) is 5. The molecule has 0 unspecified atom stereocenters. The van der Waals surface area contributed by atoms with E-state index < -0.39 is 22.4 Å². The number of nitrogens with zero attached hydrogens (tertiary/aromatic N) is 3. The van der Waals surface area contributed by atoms with E-state index in [1.54, 1.807) is 0 Å². The predicted octanol–water partition coefficient (Wildman–Crippen LogP) is 7.53. The molecular weight excluding hydrogens is 457 g/mol. The summed E-state index contributed by atoms with van der Waals surface area (Å²) in [6.45, 7) is 0. The third-order valence-corrected chi connectivity index (χ3v) is 5.10. The molecule has 0 heterocycles. The van der Waals surface area contributed by atoms with Crippen LogP contribution in [0.2, 0.25) is 0 Å². The molecule has 0 aliphatic rings. The van der Waals surface area contributed by atoms with Crippen molar-refractivity contribution in [2.75, 3.05) is 10.3 Å². The lowest BCUT2D eigenvalue weighted by atomic mass is 10.1. The normalized spacial score (nSPS) is 11.4. The van der Waals surface area contributed by atoms with Gasteiger partial charge in [-0.3, -0.25) is 15.5 Å². The molecule has 176 valence electrons. The molecule has 35 heavy (non-hydrogen) atoms. The summed E-state index contributed by atoms with van der Waals surface area (Å²) in [6, 6.07) is 29.4. The highest BCUT2D eigenvalue weighted by atomic mass is 19.4. The summed E-state index contributed by atoms with van der Waals surface area (Å²) in [4.78, 5) is 12.4. The van der Waals surface area contributed by atoms with Crippen molar-refractivity contribution in [1.82, 2.24) is 0 Å². The summed E-state index contributed by atoms with van der Waals surface area (Å²) in [5.74, 6) is 0. The van der Waals surface area contributed by atoms with E-state index in [1.165, 1.54) is 6.21 Å². The average molecular weight is 476 g/mol. The molecule has 0 aliphatic carbocycles. The first-order valence-electron chi connectivity index (χ1n) is 10.5. The van der Waals surface area contributed by atoms with E-state index in [0.717, 1.165) is 29.2 Å². The van der Waals surface area contributed by atoms with Gasteiger partial charge in [-0.25, -0.2) is 0 Å². The van der Waals surface area contributed by atoms with Gasteiger partial charge in [0.25, 0.3) is 5.69 Å². The van der Waals surface area contributed by atoms with Crippen molar-refractivity contribution in [3.63, 3.8) is 0 Å². The van der Waals surface area contributed by atoms with Crippen molar-refractivity contribution in [3.8, 4) is 0 Å². The molecule has 0 bridgehead atoms. The molecule has 0 saturated heterocycles. The van der Waals surface area contributed by atoms with Crippen LogP contribution in [0.25, 0.3) is 0 Å². The monoisotopic (exact) mass is 476 g/mol. The number of hydrogen-bond donors (Lipinski definition) is 1. The highest BCUT2D eigenvalue weighted by molar-refractivity contribution is 5.83. The van der Waals surface area contributed by atoms with Gasteiger partial charge in [0.2, 0.25) is 0 Å². The van der Waals surface area contributed by atoms with Crippen molar-refractivity contribution in [2.24, 2.45) is 5.10 Å². The van der Waals surface area contributed by atoms with Crippen LogP contribution in [0.5, 0.6) is 0 Å². The lowest BCUT2D eigenvalue weighted by molar-refractivity contribution is -0.384. The molecule has 9 heteroatoms. The first kappa shape index (κ1) is 23.5. The van der Waals surface area contributed by atoms with E-state index in [1.807, 2.05) is 84.9 Å². The van der Waals surface area contributed by atoms with Gasteiger partial charge in [-0.05, 0) is 54.1 Å². The number of para-hydroxylation sites is 2. The van der Waals surface area contributed by atoms with Crippen molar-refractivity contribution in [1.29, 1.82) is 0 Å². The van der Waals surface area contributed by atoms with Gasteiger partial charge in [-0.1, -0.05) is 48.5 Å². The Balaban J connectivity index is 1.54. The Morgan fingerprint density at radius 1 is 0.800 bits per heavy atom. The quantitative estimate of drug-likeness (QED) is 0.170. The number of hydrazone groups is 1. The van der Waals surface area contributed by atoms with Crippen molar-refractivity contribution < 1.29 is 18.1 Å². The molecule has 1 N–H and O–H groups in total. The highest BCUT2D eigenvalue weighted by Gasteiger charge is 2.33. The Hall–Kier alpha value is -4.66. The van der Waals surface area contributed by atoms with Crippen LogP contribution in [0.4, 0.5) is 41.6 Å². The molecule has 0 spiro atoms. The first-order chi connectivity index (χ1) is 16.8. The third-order valence-electron chi connectivity index (χ3n) is 5.10. The second kappa shape index (κ2) is 10.1. The zero-order valence-corrected chi connectivity index (χ0v) is 18.2. The Labute approximate surface area is 199 Å². The third kappa shape index (κ3) is 5.64. The smallest absolute Gasteiger partial charge is 0.311 e. The number of halogens is 3. The molecule has 0 atom stereocenters. The maximum atomic E-state index is 12.9. The maximum Gasteiger partial charge on any atom is 0.416 e. The van der Waals surface area contributed by atoms with Gasteiger partial charge in [0.1, 0.15) is 5.69 Å². The lowest BCUT2D eigenvalue weighted by Crippen LogP contribution is -2.09. The lowest BCUT2D eigenvalue weighted by Gasteiger charge is -2.25. The number of alkyl halides is 3. The summed E-state index contributed by atoms with van der Waals surface area (Å²) < 4.78 is 38.6. The van der Waals surface area contributed by atoms with Gasteiger partial charge < -0.3 is 4.90 Å². The molecule has 0 saturated carbocycles. The number of nitro benzene ring substituents is 1. The van der Waals surface area contributed by atoms with Crippen LogP contribution >= 0.6 is 0 Å². The molecule has 0 fully saturated rings. The first-order valence-corrected chi connectivity index (χ1v) is 10.5. The summed E-state index contributed by atoms with van der Waals surface area (Å²) >= 11 is 0. The molecule has 6 nitrogen and oxygen atoms in total. The topological polar surface area (TPSA) is 70.8 Å². The molecule has 0 radical (unpaired) electrons. The number of anilines is 4. The van der Waals surface area contributed by atoms with Gasteiger partial charge in [0, 0.05) is 23.1 Å². The summed E-state index contributed by atoms with van der Waals surface area (Å²) in [5.41, 5.74) is 4.07. The minimum Gasteiger partial charge on any atom is -0.311 e. The second-order valence-electron chi connectivity index (χ2n) is 7.45. The Morgan fingerprint density at radius 2 is 1.34 bits per heavy atom. The van der Waals surface area contributed by atoms with Crippen LogP contribution in [-0.4, -0.2) is 11.1 Å². The van der Waals surface area contributed by atoms with E-state index in [4.69, 9.17) is 0 Å². The van der Waals surface area contributed by atoms with E-state index in [2.05, 4.69) is 15.4 Å². The van der Waals surface area contributed by atoms with Crippen LogP contribution in [0.15, 0.2) is 108 Å². The number of benzene rings is 4. The zero-order valence-electron chi connectivity index (χ0n) is 18.2. The summed E-state index contributed by atoms with van der Waals surface area (Å²) in [7, 11) is 0. The van der Waals surface area contributed by atoms with E-state index >= 15 is 0 Å². The van der Waals surface area contributed by atoms with E-state index in [0.29, 0.717) is 11.6 Å². The summed E-state index contributed by atoms with van der Waals surface area (Å²) in [5, 5.41) is 15.2. The van der Waals surface area contributed by atoms with Crippen LogP contribution in [-0.2, 0) is 6.18 Å². The molecule has 4 aromatic rings. The minimum absolute atomic E-state index is 0.143. The fourth-order valence-corrected chi connectivity index (χ4v) is 3.44. The van der Waals surface area contributed by atoms with Crippen LogP contribution in [0, 0.1) is 10.1 Å². The molecule has 0 amide bonds. The van der Waals surface area contributed by atoms with Gasteiger partial charge in [0.05, 0.1) is 16.7 Å². The van der Waals surface area contributed by atoms with Crippen molar-refractivity contribution >= 4 is 34.7 Å². The molecular formula is C26H19F3N4O2. The number of nitro groups is 1. The molecule has 0 aliphatic heterocycles. The van der Waals surface area contributed by atoms with E-state index in [9.17, 15) is 23.3 Å². The Kier molecular flexibility index (Phi) is 6.77. The molecule has 4 rings (SSSR count). The maximum absolute atomic E-state index is 12.9. The van der Waals surface area contributed by atoms with Crippen LogP contribution in [0.3, 0.4) is 0 Å². The molecule has 0 aromatic heterocycles. The predicted molar refractivity (Wildman–Crippen MR) is 130 cm³/mol. The van der Waals surface area contributed by atoms with Crippen LogP contribution < -0.4 is 10.3 Å². The fraction of sp³-hybridized carbons (Fsp3) is 0.0385.